The molecule has 1 aromatic rings. The molecular formula is C12H14FIN2O4. The van der Waals surface area contributed by atoms with Crippen LogP contribution in [0.4, 0.5) is 14.9 Å². The third-order valence-electron chi connectivity index (χ3n) is 2.39. The summed E-state index contributed by atoms with van der Waals surface area (Å²) >= 11 is 1.87. The van der Waals surface area contributed by atoms with Crippen LogP contribution in [0.3, 0.4) is 0 Å². The molecule has 6 nitrogen and oxygen atoms in total. The van der Waals surface area contributed by atoms with Crippen LogP contribution < -0.4 is 10.6 Å². The predicted molar refractivity (Wildman–Crippen MR) is 79.2 cm³/mol. The van der Waals surface area contributed by atoms with Crippen molar-refractivity contribution in [1.29, 1.82) is 0 Å². The number of ether oxygens (including phenoxy) is 1. The van der Waals surface area contributed by atoms with Gasteiger partial charge in [0.25, 0.3) is 0 Å². The van der Waals surface area contributed by atoms with Crippen molar-refractivity contribution < 1.29 is 23.8 Å². The molecular weight excluding hydrogens is 382 g/mol. The Balaban J connectivity index is 2.63. The Morgan fingerprint density at radius 1 is 1.50 bits per heavy atom. The number of carboxylic acid groups (broad SMARTS) is 1. The Morgan fingerprint density at radius 3 is 2.75 bits per heavy atom. The quantitative estimate of drug-likeness (QED) is 0.643. The topological polar surface area (TPSA) is 87.7 Å². The molecule has 0 spiro atoms. The second-order valence-electron chi connectivity index (χ2n) is 3.89. The lowest BCUT2D eigenvalue weighted by Crippen LogP contribution is -2.43. The molecule has 8 heteroatoms. The zero-order valence-corrected chi connectivity index (χ0v) is 12.8. The Bertz CT molecular complexity index is 498. The lowest BCUT2D eigenvalue weighted by molar-refractivity contribution is -0.139. The van der Waals surface area contributed by atoms with Gasteiger partial charge in [-0.1, -0.05) is 0 Å². The predicted octanol–water partition coefficient (Wildman–Crippen LogP) is 2.04. The van der Waals surface area contributed by atoms with Crippen molar-refractivity contribution in [3.05, 3.63) is 27.6 Å². The maximum absolute atomic E-state index is 12.9. The minimum atomic E-state index is -1.15. The molecule has 0 saturated heterocycles. The number of halogens is 2. The van der Waals surface area contributed by atoms with Crippen LogP contribution in [0.2, 0.25) is 0 Å². The van der Waals surface area contributed by atoms with Crippen molar-refractivity contribution in [2.24, 2.45) is 0 Å². The van der Waals surface area contributed by atoms with Gasteiger partial charge in [0.15, 0.2) is 0 Å². The summed E-state index contributed by atoms with van der Waals surface area (Å²) in [5, 5.41) is 13.7. The van der Waals surface area contributed by atoms with Crippen molar-refractivity contribution in [1.82, 2.24) is 5.32 Å². The lowest BCUT2D eigenvalue weighted by atomic mass is 10.2. The molecule has 3 N–H and O–H groups in total. The third kappa shape index (κ3) is 5.29. The molecule has 0 bridgehead atoms. The fraction of sp³-hybridized carbons (Fsp3) is 0.333. The van der Waals surface area contributed by atoms with Gasteiger partial charge in [0.2, 0.25) is 0 Å². The zero-order valence-electron chi connectivity index (χ0n) is 10.7. The Morgan fingerprint density at radius 2 is 2.20 bits per heavy atom. The largest absolute Gasteiger partial charge is 0.480 e. The van der Waals surface area contributed by atoms with Crippen molar-refractivity contribution in [3.63, 3.8) is 0 Å². The second kappa shape index (κ2) is 8.00. The highest BCUT2D eigenvalue weighted by Gasteiger charge is 2.19. The minimum absolute atomic E-state index is 0.153. The van der Waals surface area contributed by atoms with E-state index in [1.165, 1.54) is 25.3 Å². The molecule has 0 radical (unpaired) electrons. The summed E-state index contributed by atoms with van der Waals surface area (Å²) in [4.78, 5) is 22.7. The Hall–Kier alpha value is -1.42. The molecule has 0 fully saturated rings. The van der Waals surface area contributed by atoms with E-state index in [0.717, 1.165) is 0 Å². The first-order chi connectivity index (χ1) is 9.43. The van der Waals surface area contributed by atoms with Crippen LogP contribution in [-0.4, -0.2) is 36.9 Å². The minimum Gasteiger partial charge on any atom is -0.480 e. The van der Waals surface area contributed by atoms with E-state index in [0.29, 0.717) is 9.26 Å². The molecule has 1 rings (SSSR count). The molecule has 2 amide bonds. The van der Waals surface area contributed by atoms with Crippen LogP contribution in [0.1, 0.15) is 6.42 Å². The molecule has 0 aromatic heterocycles. The highest BCUT2D eigenvalue weighted by Crippen LogP contribution is 2.18. The number of carboxylic acids is 1. The molecule has 20 heavy (non-hydrogen) atoms. The molecule has 1 unspecified atom stereocenters. The van der Waals surface area contributed by atoms with Gasteiger partial charge in [-0.3, -0.25) is 0 Å². The number of hydrogen-bond donors (Lipinski definition) is 3. The molecule has 1 aromatic carbocycles. The first-order valence-electron chi connectivity index (χ1n) is 5.68. The number of rotatable bonds is 6. The SMILES string of the molecule is COCCC(NC(=O)Nc1ccc(F)cc1I)C(=O)O. The van der Waals surface area contributed by atoms with Crippen molar-refractivity contribution in [2.45, 2.75) is 12.5 Å². The van der Waals surface area contributed by atoms with Crippen molar-refractivity contribution >= 4 is 40.3 Å². The summed E-state index contributed by atoms with van der Waals surface area (Å²) in [6.07, 6.45) is 0.153. The summed E-state index contributed by atoms with van der Waals surface area (Å²) in [7, 11) is 1.44. The number of amides is 2. The van der Waals surface area contributed by atoms with E-state index in [1.807, 2.05) is 22.6 Å². The van der Waals surface area contributed by atoms with Crippen LogP contribution in [0.25, 0.3) is 0 Å². The van der Waals surface area contributed by atoms with E-state index in [1.54, 1.807) is 0 Å². The Kier molecular flexibility index (Phi) is 6.65. The maximum Gasteiger partial charge on any atom is 0.326 e. The standard InChI is InChI=1S/C12H14FIN2O4/c1-20-5-4-10(11(17)18)16-12(19)15-9-3-2-7(13)6-8(9)14/h2-3,6,10H,4-5H2,1H3,(H,17,18)(H2,15,16,19). The highest BCUT2D eigenvalue weighted by molar-refractivity contribution is 14.1. The molecule has 0 heterocycles. The number of urea groups is 1. The summed E-state index contributed by atoms with van der Waals surface area (Å²) in [6, 6.07) is 2.15. The molecule has 0 aliphatic heterocycles. The van der Waals surface area contributed by atoms with Crippen LogP contribution in [0, 0.1) is 9.39 Å². The fourth-order valence-corrected chi connectivity index (χ4v) is 2.01. The number of carbonyl (C=O) groups is 2. The van der Waals surface area contributed by atoms with E-state index >= 15 is 0 Å². The average Bonchev–Trinajstić information content (AvgIpc) is 2.37. The molecule has 0 aliphatic carbocycles. The molecule has 0 saturated carbocycles. The van der Waals surface area contributed by atoms with Crippen molar-refractivity contribution in [3.8, 4) is 0 Å². The van der Waals surface area contributed by atoms with Gasteiger partial charge in [0.1, 0.15) is 11.9 Å². The summed E-state index contributed by atoms with van der Waals surface area (Å²) in [5.74, 6) is -1.56. The van der Waals surface area contributed by atoms with Gasteiger partial charge < -0.3 is 20.5 Å². The highest BCUT2D eigenvalue weighted by atomic mass is 127. The second-order valence-corrected chi connectivity index (χ2v) is 5.06. The monoisotopic (exact) mass is 396 g/mol. The van der Waals surface area contributed by atoms with Crippen LogP contribution in [-0.2, 0) is 9.53 Å². The van der Waals surface area contributed by atoms with E-state index < -0.39 is 23.9 Å². The van der Waals surface area contributed by atoms with Crippen LogP contribution >= 0.6 is 22.6 Å². The lowest BCUT2D eigenvalue weighted by Gasteiger charge is -2.15. The number of anilines is 1. The smallest absolute Gasteiger partial charge is 0.326 e. The number of carbonyl (C=O) groups excluding carboxylic acids is 1. The first kappa shape index (κ1) is 16.6. The average molecular weight is 396 g/mol. The number of nitrogens with one attached hydrogen (secondary N) is 2. The molecule has 0 aliphatic rings. The zero-order chi connectivity index (χ0) is 15.1. The molecule has 110 valence electrons. The summed E-state index contributed by atoms with van der Waals surface area (Å²) in [6.45, 7) is 0.214. The van der Waals surface area contributed by atoms with Gasteiger partial charge in [0.05, 0.1) is 5.69 Å². The first-order valence-corrected chi connectivity index (χ1v) is 6.76. The third-order valence-corrected chi connectivity index (χ3v) is 3.29. The van der Waals surface area contributed by atoms with E-state index in [9.17, 15) is 14.0 Å². The number of benzene rings is 1. The number of hydrogen-bond acceptors (Lipinski definition) is 3. The van der Waals surface area contributed by atoms with Gasteiger partial charge in [-0.2, -0.15) is 0 Å². The van der Waals surface area contributed by atoms with Gasteiger partial charge >= 0.3 is 12.0 Å². The van der Waals surface area contributed by atoms with Crippen LogP contribution in [0.5, 0.6) is 0 Å². The summed E-state index contributed by atoms with van der Waals surface area (Å²) < 4.78 is 18.2. The Labute approximate surface area is 128 Å². The van der Waals surface area contributed by atoms with E-state index in [-0.39, 0.29) is 13.0 Å². The maximum atomic E-state index is 12.9. The van der Waals surface area contributed by atoms with Gasteiger partial charge in [-0.05, 0) is 40.8 Å². The number of aliphatic carboxylic acids is 1. The van der Waals surface area contributed by atoms with Gasteiger partial charge in [-0.15, -0.1) is 0 Å². The van der Waals surface area contributed by atoms with Crippen LogP contribution in [0.15, 0.2) is 18.2 Å². The van der Waals surface area contributed by atoms with E-state index in [4.69, 9.17) is 9.84 Å². The fourth-order valence-electron chi connectivity index (χ4n) is 1.40. The number of methoxy groups -OCH3 is 1. The van der Waals surface area contributed by atoms with Crippen molar-refractivity contribution in [2.75, 3.05) is 19.0 Å². The van der Waals surface area contributed by atoms with Gasteiger partial charge in [0, 0.05) is 23.7 Å². The normalized spacial score (nSPS) is 11.8. The van der Waals surface area contributed by atoms with E-state index in [2.05, 4.69) is 10.6 Å². The summed E-state index contributed by atoms with van der Waals surface area (Å²) in [5.41, 5.74) is 0.403. The molecule has 1 atom stereocenters. The van der Waals surface area contributed by atoms with Gasteiger partial charge in [-0.25, -0.2) is 14.0 Å².